The van der Waals surface area contributed by atoms with Crippen LogP contribution in [-0.4, -0.2) is 54.7 Å². The Hall–Kier alpha value is -1.79. The Kier molecular flexibility index (Phi) is 7.32. The zero-order valence-electron chi connectivity index (χ0n) is 14.5. The van der Waals surface area contributed by atoms with E-state index in [1.165, 1.54) is 7.11 Å². The van der Waals surface area contributed by atoms with E-state index >= 15 is 0 Å². The van der Waals surface area contributed by atoms with Crippen LogP contribution >= 0.6 is 0 Å². The molecule has 1 rings (SSSR count). The Morgan fingerprint density at radius 3 is 2.26 bits per heavy atom. The van der Waals surface area contributed by atoms with Gasteiger partial charge in [-0.2, -0.15) is 0 Å². The van der Waals surface area contributed by atoms with E-state index in [-0.39, 0.29) is 18.7 Å². The molecule has 1 fully saturated rings. The number of alkyl carbamates (subject to hydrolysis) is 1. The van der Waals surface area contributed by atoms with Gasteiger partial charge in [0, 0.05) is 19.5 Å². The molecule has 1 aliphatic heterocycles. The lowest BCUT2D eigenvalue weighted by molar-refractivity contribution is -0.141. The van der Waals surface area contributed by atoms with Crippen LogP contribution in [0.15, 0.2) is 0 Å². The normalized spacial score (nSPS) is 16.4. The van der Waals surface area contributed by atoms with Crippen LogP contribution in [0.4, 0.5) is 4.79 Å². The molecule has 1 atom stereocenters. The summed E-state index contributed by atoms with van der Waals surface area (Å²) in [5.41, 5.74) is -0.648. The van der Waals surface area contributed by atoms with Crippen molar-refractivity contribution in [2.45, 2.75) is 64.5 Å². The van der Waals surface area contributed by atoms with Gasteiger partial charge < -0.3 is 19.7 Å². The molecule has 7 heteroatoms. The lowest BCUT2D eigenvalue weighted by Crippen LogP contribution is -2.51. The predicted octanol–water partition coefficient (Wildman–Crippen LogP) is 1.85. The van der Waals surface area contributed by atoms with E-state index in [0.717, 1.165) is 19.3 Å². The number of carbonyl (C=O) groups excluding carboxylic acids is 3. The van der Waals surface area contributed by atoms with Gasteiger partial charge in [-0.05, 0) is 46.5 Å². The third kappa shape index (κ3) is 7.34. The molecule has 0 aromatic carbocycles. The number of nitrogens with zero attached hydrogens (tertiary/aromatic N) is 1. The number of rotatable bonds is 5. The molecule has 0 bridgehead atoms. The van der Waals surface area contributed by atoms with Crippen LogP contribution in [0.3, 0.4) is 0 Å². The van der Waals surface area contributed by atoms with E-state index in [2.05, 4.69) is 10.1 Å². The Morgan fingerprint density at radius 2 is 1.74 bits per heavy atom. The molecule has 132 valence electrons. The summed E-state index contributed by atoms with van der Waals surface area (Å²) in [5.74, 6) is -0.577. The van der Waals surface area contributed by atoms with Gasteiger partial charge in [0.2, 0.25) is 5.91 Å². The summed E-state index contributed by atoms with van der Waals surface area (Å²) < 4.78 is 9.81. The summed E-state index contributed by atoms with van der Waals surface area (Å²) in [5, 5.41) is 2.59. The zero-order chi connectivity index (χ0) is 17.5. The predicted molar refractivity (Wildman–Crippen MR) is 84.8 cm³/mol. The highest BCUT2D eigenvalue weighted by molar-refractivity contribution is 5.86. The topological polar surface area (TPSA) is 84.9 Å². The third-order valence-electron chi connectivity index (χ3n) is 3.52. The summed E-state index contributed by atoms with van der Waals surface area (Å²) in [7, 11) is 1.30. The van der Waals surface area contributed by atoms with Crippen molar-refractivity contribution >= 4 is 18.0 Å². The number of methoxy groups -OCH3 is 1. The number of hydrogen-bond acceptors (Lipinski definition) is 5. The van der Waals surface area contributed by atoms with E-state index in [4.69, 9.17) is 4.74 Å². The molecule has 0 radical (unpaired) electrons. The minimum atomic E-state index is -0.776. The van der Waals surface area contributed by atoms with Gasteiger partial charge in [0.1, 0.15) is 11.6 Å². The average molecular weight is 328 g/mol. The summed E-state index contributed by atoms with van der Waals surface area (Å²) >= 11 is 0. The van der Waals surface area contributed by atoms with Crippen molar-refractivity contribution in [3.63, 3.8) is 0 Å². The summed E-state index contributed by atoms with van der Waals surface area (Å²) in [6, 6.07) is -0.776. The van der Waals surface area contributed by atoms with Gasteiger partial charge in [0.25, 0.3) is 0 Å². The first kappa shape index (κ1) is 19.3. The van der Waals surface area contributed by atoms with Crippen molar-refractivity contribution in [2.24, 2.45) is 0 Å². The highest BCUT2D eigenvalue weighted by Crippen LogP contribution is 2.13. The molecular formula is C16H28N2O5. The maximum absolute atomic E-state index is 12.6. The first-order valence-electron chi connectivity index (χ1n) is 8.08. The molecule has 7 nitrogen and oxygen atoms in total. The lowest BCUT2D eigenvalue weighted by atomic mass is 10.1. The number of likely N-dealkylation sites (tertiary alicyclic amines) is 1. The fourth-order valence-electron chi connectivity index (χ4n) is 2.41. The maximum atomic E-state index is 12.6. The fourth-order valence-corrected chi connectivity index (χ4v) is 2.41. The summed E-state index contributed by atoms with van der Waals surface area (Å²) in [6.07, 6.45) is 2.63. The second-order valence-electron chi connectivity index (χ2n) is 6.70. The van der Waals surface area contributed by atoms with Gasteiger partial charge in [0.15, 0.2) is 0 Å². The van der Waals surface area contributed by atoms with Crippen molar-refractivity contribution < 1.29 is 23.9 Å². The number of amides is 2. The molecule has 0 aromatic rings. The molecule has 1 heterocycles. The van der Waals surface area contributed by atoms with Crippen molar-refractivity contribution in [3.05, 3.63) is 0 Å². The highest BCUT2D eigenvalue weighted by atomic mass is 16.6. The molecule has 1 N–H and O–H groups in total. The monoisotopic (exact) mass is 328 g/mol. The SMILES string of the molecule is COC(=O)CC[C@H](NC(=O)OC(C)(C)C)C(=O)N1CCCCC1. The van der Waals surface area contributed by atoms with Crippen molar-refractivity contribution in [1.82, 2.24) is 10.2 Å². The first-order valence-corrected chi connectivity index (χ1v) is 8.08. The number of piperidine rings is 1. The summed E-state index contributed by atoms with van der Waals surface area (Å²) in [4.78, 5) is 37.6. The van der Waals surface area contributed by atoms with Crippen LogP contribution in [0.5, 0.6) is 0 Å². The molecule has 23 heavy (non-hydrogen) atoms. The van der Waals surface area contributed by atoms with Gasteiger partial charge in [-0.1, -0.05) is 0 Å². The van der Waals surface area contributed by atoms with Crippen LogP contribution in [0.1, 0.15) is 52.9 Å². The van der Waals surface area contributed by atoms with E-state index < -0.39 is 23.7 Å². The van der Waals surface area contributed by atoms with Gasteiger partial charge in [-0.15, -0.1) is 0 Å². The molecule has 2 amide bonds. The van der Waals surface area contributed by atoms with Crippen LogP contribution in [0, 0.1) is 0 Å². The second-order valence-corrected chi connectivity index (χ2v) is 6.70. The molecule has 1 aliphatic rings. The zero-order valence-corrected chi connectivity index (χ0v) is 14.5. The van der Waals surface area contributed by atoms with E-state index in [1.807, 2.05) is 0 Å². The number of nitrogens with one attached hydrogen (secondary N) is 1. The molecule has 0 aromatic heterocycles. The third-order valence-corrected chi connectivity index (χ3v) is 3.52. The molecule has 0 saturated carbocycles. The Morgan fingerprint density at radius 1 is 1.13 bits per heavy atom. The lowest BCUT2D eigenvalue weighted by Gasteiger charge is -2.31. The molecule has 1 saturated heterocycles. The molecule has 0 aliphatic carbocycles. The Labute approximate surface area is 137 Å². The first-order chi connectivity index (χ1) is 10.7. The van der Waals surface area contributed by atoms with Gasteiger partial charge in [0.05, 0.1) is 7.11 Å². The largest absolute Gasteiger partial charge is 0.469 e. The minimum absolute atomic E-state index is 0.0660. The minimum Gasteiger partial charge on any atom is -0.469 e. The molecule has 0 spiro atoms. The van der Waals surface area contributed by atoms with E-state index in [1.54, 1.807) is 25.7 Å². The number of ether oxygens (including phenoxy) is 2. The smallest absolute Gasteiger partial charge is 0.408 e. The van der Waals surface area contributed by atoms with Crippen LogP contribution in [0.25, 0.3) is 0 Å². The highest BCUT2D eigenvalue weighted by Gasteiger charge is 2.29. The number of esters is 1. The Balaban J connectivity index is 2.68. The van der Waals surface area contributed by atoms with Gasteiger partial charge in [-0.25, -0.2) is 4.79 Å². The number of carbonyl (C=O) groups is 3. The van der Waals surface area contributed by atoms with E-state index in [9.17, 15) is 14.4 Å². The van der Waals surface area contributed by atoms with E-state index in [0.29, 0.717) is 13.1 Å². The van der Waals surface area contributed by atoms with Crippen molar-refractivity contribution in [3.8, 4) is 0 Å². The standard InChI is InChI=1S/C16H28N2O5/c1-16(2,3)23-15(21)17-12(8-9-13(19)22-4)14(20)18-10-6-5-7-11-18/h12H,5-11H2,1-4H3,(H,17,21)/t12-/m0/s1. The maximum Gasteiger partial charge on any atom is 0.408 e. The summed E-state index contributed by atoms with van der Waals surface area (Å²) in [6.45, 7) is 6.63. The average Bonchev–Trinajstić information content (AvgIpc) is 2.49. The van der Waals surface area contributed by atoms with Crippen LogP contribution in [-0.2, 0) is 19.1 Å². The second kappa shape index (κ2) is 8.74. The number of hydrogen-bond donors (Lipinski definition) is 1. The van der Waals surface area contributed by atoms with Gasteiger partial charge >= 0.3 is 12.1 Å². The molecular weight excluding hydrogens is 300 g/mol. The van der Waals surface area contributed by atoms with Crippen molar-refractivity contribution in [1.29, 1.82) is 0 Å². The van der Waals surface area contributed by atoms with Gasteiger partial charge in [-0.3, -0.25) is 9.59 Å². The Bertz CT molecular complexity index is 425. The molecule has 0 unspecified atom stereocenters. The fraction of sp³-hybridized carbons (Fsp3) is 0.812. The van der Waals surface area contributed by atoms with Crippen LogP contribution < -0.4 is 5.32 Å². The van der Waals surface area contributed by atoms with Crippen LogP contribution in [0.2, 0.25) is 0 Å². The van der Waals surface area contributed by atoms with Crippen molar-refractivity contribution in [2.75, 3.05) is 20.2 Å². The quantitative estimate of drug-likeness (QED) is 0.779.